The monoisotopic (exact) mass is 254 g/mol. The average molecular weight is 254 g/mol. The number of nitrogens with two attached hydrogens (primary N) is 1. The van der Waals surface area contributed by atoms with Gasteiger partial charge < -0.3 is 20.2 Å². The maximum Gasteiger partial charge on any atom is 0.323 e. The van der Waals surface area contributed by atoms with E-state index in [-0.39, 0.29) is 5.76 Å². The molecule has 7 nitrogen and oxygen atoms in total. The van der Waals surface area contributed by atoms with Gasteiger partial charge in [-0.2, -0.15) is 0 Å². The van der Waals surface area contributed by atoms with E-state index in [1.165, 1.54) is 6.07 Å². The largest absolute Gasteiger partial charge is 0.480 e. The minimum atomic E-state index is -1.23. The van der Waals surface area contributed by atoms with Crippen molar-refractivity contribution >= 4 is 17.8 Å². The van der Waals surface area contributed by atoms with Crippen molar-refractivity contribution in [2.45, 2.75) is 13.3 Å². The van der Waals surface area contributed by atoms with Crippen molar-refractivity contribution in [3.8, 4) is 0 Å². The van der Waals surface area contributed by atoms with Crippen molar-refractivity contribution in [2.24, 2.45) is 5.73 Å². The third kappa shape index (κ3) is 3.62. The third-order valence-corrected chi connectivity index (χ3v) is 2.18. The Bertz CT molecular complexity index is 450. The molecule has 0 unspecified atom stereocenters. The van der Waals surface area contributed by atoms with Crippen molar-refractivity contribution in [1.29, 1.82) is 0 Å². The van der Waals surface area contributed by atoms with Gasteiger partial charge in [0.15, 0.2) is 5.76 Å². The number of carbonyl (C=O) groups excluding carboxylic acids is 2. The number of primary amides is 1. The first kappa shape index (κ1) is 13.8. The predicted molar refractivity (Wildman–Crippen MR) is 60.8 cm³/mol. The summed E-state index contributed by atoms with van der Waals surface area (Å²) < 4.78 is 5.20. The summed E-state index contributed by atoms with van der Waals surface area (Å²) in [6, 6.07) is 3.06. The summed E-state index contributed by atoms with van der Waals surface area (Å²) >= 11 is 0. The molecule has 0 saturated carbocycles. The number of carboxylic acids is 1. The van der Waals surface area contributed by atoms with Crippen LogP contribution in [0.15, 0.2) is 16.5 Å². The average Bonchev–Trinajstić information content (AvgIpc) is 2.74. The van der Waals surface area contributed by atoms with E-state index in [0.29, 0.717) is 12.2 Å². The molecule has 0 aliphatic heterocycles. The van der Waals surface area contributed by atoms with E-state index < -0.39 is 30.9 Å². The van der Waals surface area contributed by atoms with Crippen molar-refractivity contribution in [1.82, 2.24) is 4.90 Å². The molecular weight excluding hydrogens is 240 g/mol. The molecule has 3 N–H and O–H groups in total. The summed E-state index contributed by atoms with van der Waals surface area (Å²) in [4.78, 5) is 34.1. The van der Waals surface area contributed by atoms with Crippen LogP contribution >= 0.6 is 0 Å². The lowest BCUT2D eigenvalue weighted by molar-refractivity contribution is -0.138. The smallest absolute Gasteiger partial charge is 0.323 e. The molecule has 1 aromatic heterocycles. The van der Waals surface area contributed by atoms with Crippen LogP contribution in [0.1, 0.15) is 23.2 Å². The number of furan rings is 1. The van der Waals surface area contributed by atoms with E-state index in [4.69, 9.17) is 15.3 Å². The lowest BCUT2D eigenvalue weighted by Gasteiger charge is -2.17. The number of hydrogen-bond acceptors (Lipinski definition) is 4. The quantitative estimate of drug-likeness (QED) is 0.733. The number of carboxylic acid groups (broad SMARTS) is 1. The Labute approximate surface area is 103 Å². The van der Waals surface area contributed by atoms with E-state index in [1.807, 2.05) is 6.92 Å². The first-order valence-electron chi connectivity index (χ1n) is 5.32. The Morgan fingerprint density at radius 1 is 1.33 bits per heavy atom. The highest BCUT2D eigenvalue weighted by Crippen LogP contribution is 2.11. The molecule has 0 fully saturated rings. The molecule has 0 aromatic carbocycles. The number of amides is 2. The van der Waals surface area contributed by atoms with Crippen LogP contribution in [0.4, 0.5) is 0 Å². The summed E-state index contributed by atoms with van der Waals surface area (Å²) in [5.74, 6) is -2.09. The number of aliphatic carboxylic acids is 1. The van der Waals surface area contributed by atoms with Gasteiger partial charge in [-0.1, -0.05) is 6.92 Å². The minimum absolute atomic E-state index is 0.00523. The Kier molecular flexibility index (Phi) is 4.47. The summed E-state index contributed by atoms with van der Waals surface area (Å²) in [7, 11) is 0. The number of aryl methyl sites for hydroxylation is 1. The maximum atomic E-state index is 11.9. The summed E-state index contributed by atoms with van der Waals surface area (Å²) in [5, 5.41) is 8.67. The third-order valence-electron chi connectivity index (χ3n) is 2.18. The van der Waals surface area contributed by atoms with Crippen LogP contribution in [0.5, 0.6) is 0 Å². The summed E-state index contributed by atoms with van der Waals surface area (Å²) in [5.41, 5.74) is 4.96. The van der Waals surface area contributed by atoms with Crippen LogP contribution in [-0.4, -0.2) is 40.9 Å². The van der Waals surface area contributed by atoms with Gasteiger partial charge >= 0.3 is 5.97 Å². The topological polar surface area (TPSA) is 114 Å². The molecule has 0 aliphatic rings. The standard InChI is InChI=1S/C11H14N2O5/c1-2-7-3-4-8(18-7)11(17)13(5-9(12)14)6-10(15)16/h3-4H,2,5-6H2,1H3,(H2,12,14)(H,15,16). The molecule has 0 spiro atoms. The molecule has 0 saturated heterocycles. The van der Waals surface area contributed by atoms with Crippen molar-refractivity contribution in [2.75, 3.05) is 13.1 Å². The molecule has 1 rings (SSSR count). The fourth-order valence-corrected chi connectivity index (χ4v) is 1.39. The molecule has 98 valence electrons. The predicted octanol–water partition coefficient (Wildman–Crippen LogP) is -0.146. The van der Waals surface area contributed by atoms with Crippen LogP contribution in [0.25, 0.3) is 0 Å². The second-order valence-corrected chi connectivity index (χ2v) is 3.64. The van der Waals surface area contributed by atoms with E-state index in [9.17, 15) is 14.4 Å². The number of hydrogen-bond donors (Lipinski definition) is 2. The Morgan fingerprint density at radius 3 is 2.44 bits per heavy atom. The normalized spacial score (nSPS) is 10.1. The van der Waals surface area contributed by atoms with Gasteiger partial charge in [-0.15, -0.1) is 0 Å². The molecule has 2 amide bonds. The zero-order valence-electron chi connectivity index (χ0n) is 9.88. The molecular formula is C11H14N2O5. The molecule has 18 heavy (non-hydrogen) atoms. The zero-order valence-corrected chi connectivity index (χ0v) is 9.88. The van der Waals surface area contributed by atoms with Crippen LogP contribution in [0.3, 0.4) is 0 Å². The Hall–Kier alpha value is -2.31. The second-order valence-electron chi connectivity index (χ2n) is 3.64. The summed E-state index contributed by atoms with van der Waals surface area (Å²) in [6.07, 6.45) is 0.613. The highest BCUT2D eigenvalue weighted by atomic mass is 16.4. The van der Waals surface area contributed by atoms with E-state index in [2.05, 4.69) is 0 Å². The minimum Gasteiger partial charge on any atom is -0.480 e. The number of rotatable bonds is 6. The van der Waals surface area contributed by atoms with Gasteiger partial charge in [-0.25, -0.2) is 0 Å². The SMILES string of the molecule is CCc1ccc(C(=O)N(CC(N)=O)CC(=O)O)o1. The fourth-order valence-electron chi connectivity index (χ4n) is 1.39. The van der Waals surface area contributed by atoms with Crippen LogP contribution < -0.4 is 5.73 Å². The van der Waals surface area contributed by atoms with Gasteiger partial charge in [0.2, 0.25) is 5.91 Å². The van der Waals surface area contributed by atoms with Crippen molar-refractivity contribution < 1.29 is 23.9 Å². The van der Waals surface area contributed by atoms with Crippen molar-refractivity contribution in [3.63, 3.8) is 0 Å². The van der Waals surface area contributed by atoms with Crippen molar-refractivity contribution in [3.05, 3.63) is 23.7 Å². The maximum absolute atomic E-state index is 11.9. The van der Waals surface area contributed by atoms with Crippen LogP contribution in [0.2, 0.25) is 0 Å². The highest BCUT2D eigenvalue weighted by Gasteiger charge is 2.22. The molecule has 1 heterocycles. The molecule has 0 atom stereocenters. The molecule has 0 aliphatic carbocycles. The van der Waals surface area contributed by atoms with Gasteiger partial charge in [0, 0.05) is 6.42 Å². The van der Waals surface area contributed by atoms with Gasteiger partial charge in [0.05, 0.1) is 0 Å². The number of nitrogens with zero attached hydrogens (tertiary/aromatic N) is 1. The van der Waals surface area contributed by atoms with Crippen LogP contribution in [-0.2, 0) is 16.0 Å². The van der Waals surface area contributed by atoms with Gasteiger partial charge in [0.1, 0.15) is 18.8 Å². The molecule has 7 heteroatoms. The lowest BCUT2D eigenvalue weighted by Crippen LogP contribution is -2.41. The first-order chi connectivity index (χ1) is 8.43. The molecule has 0 radical (unpaired) electrons. The summed E-state index contributed by atoms with van der Waals surface area (Å²) in [6.45, 7) is 0.780. The number of carbonyl (C=O) groups is 3. The molecule has 0 bridgehead atoms. The van der Waals surface area contributed by atoms with E-state index >= 15 is 0 Å². The lowest BCUT2D eigenvalue weighted by atomic mass is 10.3. The first-order valence-corrected chi connectivity index (χ1v) is 5.32. The highest BCUT2D eigenvalue weighted by molar-refractivity contribution is 5.95. The zero-order chi connectivity index (χ0) is 13.7. The van der Waals surface area contributed by atoms with Gasteiger partial charge in [-0.3, -0.25) is 14.4 Å². The Balaban J connectivity index is 2.86. The van der Waals surface area contributed by atoms with Gasteiger partial charge in [0.25, 0.3) is 5.91 Å². The van der Waals surface area contributed by atoms with E-state index in [1.54, 1.807) is 6.07 Å². The second kappa shape index (κ2) is 5.85. The fraction of sp³-hybridized carbons (Fsp3) is 0.364. The molecule has 1 aromatic rings. The van der Waals surface area contributed by atoms with Crippen LogP contribution in [0, 0.1) is 0 Å². The van der Waals surface area contributed by atoms with Gasteiger partial charge in [-0.05, 0) is 12.1 Å². The van der Waals surface area contributed by atoms with E-state index in [0.717, 1.165) is 4.90 Å². The Morgan fingerprint density at radius 2 is 2.00 bits per heavy atom.